The van der Waals surface area contributed by atoms with Crippen LogP contribution in [0.1, 0.15) is 18.3 Å². The lowest BCUT2D eigenvalue weighted by Crippen LogP contribution is -2.51. The normalized spacial score (nSPS) is 19.2. The van der Waals surface area contributed by atoms with Gasteiger partial charge in [-0.05, 0) is 12.5 Å². The van der Waals surface area contributed by atoms with Crippen molar-refractivity contribution in [1.29, 1.82) is 0 Å². The van der Waals surface area contributed by atoms with Gasteiger partial charge in [0.05, 0.1) is 6.61 Å². The van der Waals surface area contributed by atoms with Gasteiger partial charge >= 0.3 is 0 Å². The summed E-state index contributed by atoms with van der Waals surface area (Å²) in [7, 11) is 1.71. The number of methoxy groups -OCH3 is 1. The lowest BCUT2D eigenvalue weighted by atomic mass is 10.1. The summed E-state index contributed by atoms with van der Waals surface area (Å²) in [5, 5.41) is 1.04. The van der Waals surface area contributed by atoms with Gasteiger partial charge in [0.15, 0.2) is 0 Å². The Hall–Kier alpha value is -1.50. The van der Waals surface area contributed by atoms with Gasteiger partial charge in [0.2, 0.25) is 5.13 Å². The van der Waals surface area contributed by atoms with E-state index in [9.17, 15) is 0 Å². The smallest absolute Gasteiger partial charge is 0.205 e. The maximum Gasteiger partial charge on any atom is 0.205 e. The maximum absolute atomic E-state index is 5.10. The molecule has 5 nitrogen and oxygen atoms in total. The van der Waals surface area contributed by atoms with E-state index in [4.69, 9.17) is 4.74 Å². The Labute approximate surface area is 142 Å². The number of aromatic nitrogens is 2. The number of hydrogen-bond donors (Lipinski definition) is 0. The Morgan fingerprint density at radius 1 is 1.26 bits per heavy atom. The van der Waals surface area contributed by atoms with Crippen molar-refractivity contribution in [3.63, 3.8) is 0 Å². The van der Waals surface area contributed by atoms with Crippen molar-refractivity contribution < 1.29 is 4.74 Å². The Kier molecular flexibility index (Phi) is 5.59. The highest BCUT2D eigenvalue weighted by Crippen LogP contribution is 2.23. The summed E-state index contributed by atoms with van der Waals surface area (Å²) in [6, 6.07) is 11.1. The first kappa shape index (κ1) is 16.4. The molecule has 2 aromatic rings. The topological polar surface area (TPSA) is 41.5 Å². The van der Waals surface area contributed by atoms with Crippen LogP contribution in [0, 0.1) is 0 Å². The summed E-state index contributed by atoms with van der Waals surface area (Å²) in [6.45, 7) is 7.10. The molecule has 0 spiro atoms. The van der Waals surface area contributed by atoms with E-state index in [2.05, 4.69) is 56.4 Å². The SMILES string of the molecule is COCCc1nsc(N2CCN(Cc3ccccc3)CC2C)n1. The second-order valence-corrected chi connectivity index (χ2v) is 6.73. The fourth-order valence-corrected chi connectivity index (χ4v) is 3.80. The zero-order valence-corrected chi connectivity index (χ0v) is 14.6. The number of piperazine rings is 1. The molecule has 1 fully saturated rings. The third-order valence-electron chi connectivity index (χ3n) is 4.19. The molecular formula is C17H24N4OS. The molecule has 0 bridgehead atoms. The molecule has 0 N–H and O–H groups in total. The molecule has 0 aliphatic carbocycles. The highest BCUT2D eigenvalue weighted by molar-refractivity contribution is 7.09. The molecule has 2 heterocycles. The highest BCUT2D eigenvalue weighted by atomic mass is 32.1. The zero-order valence-electron chi connectivity index (χ0n) is 13.8. The number of benzene rings is 1. The second-order valence-electron chi connectivity index (χ2n) is 6.00. The van der Waals surface area contributed by atoms with E-state index in [0.717, 1.165) is 43.6 Å². The molecule has 3 rings (SSSR count). The van der Waals surface area contributed by atoms with Crippen LogP contribution >= 0.6 is 11.5 Å². The molecule has 1 aliphatic rings. The summed E-state index contributed by atoms with van der Waals surface area (Å²) in [4.78, 5) is 9.57. The van der Waals surface area contributed by atoms with Gasteiger partial charge in [-0.15, -0.1) is 0 Å². The van der Waals surface area contributed by atoms with E-state index in [0.29, 0.717) is 12.6 Å². The van der Waals surface area contributed by atoms with Crippen LogP contribution in [-0.4, -0.2) is 53.7 Å². The molecule has 23 heavy (non-hydrogen) atoms. The molecule has 1 saturated heterocycles. The van der Waals surface area contributed by atoms with E-state index in [1.54, 1.807) is 7.11 Å². The van der Waals surface area contributed by atoms with Crippen molar-refractivity contribution >= 4 is 16.7 Å². The van der Waals surface area contributed by atoms with Gasteiger partial charge < -0.3 is 9.64 Å². The first-order valence-corrected chi connectivity index (χ1v) is 8.88. The van der Waals surface area contributed by atoms with E-state index >= 15 is 0 Å². The number of ether oxygens (including phenoxy) is 1. The van der Waals surface area contributed by atoms with Crippen molar-refractivity contribution in [2.24, 2.45) is 0 Å². The minimum absolute atomic E-state index is 0.454. The first-order chi connectivity index (χ1) is 11.3. The minimum Gasteiger partial charge on any atom is -0.384 e. The molecule has 1 unspecified atom stereocenters. The van der Waals surface area contributed by atoms with Crippen molar-refractivity contribution in [2.75, 3.05) is 38.3 Å². The van der Waals surface area contributed by atoms with Crippen LogP contribution in [0.25, 0.3) is 0 Å². The summed E-state index contributed by atoms with van der Waals surface area (Å²) < 4.78 is 9.54. The van der Waals surface area contributed by atoms with Gasteiger partial charge in [0, 0.05) is 57.3 Å². The van der Waals surface area contributed by atoms with Crippen molar-refractivity contribution in [3.8, 4) is 0 Å². The van der Waals surface area contributed by atoms with Crippen LogP contribution in [0.5, 0.6) is 0 Å². The van der Waals surface area contributed by atoms with Crippen molar-refractivity contribution in [3.05, 3.63) is 41.7 Å². The molecule has 124 valence electrons. The lowest BCUT2D eigenvalue weighted by Gasteiger charge is -2.39. The van der Waals surface area contributed by atoms with E-state index in [1.165, 1.54) is 17.1 Å². The van der Waals surface area contributed by atoms with Crippen LogP contribution < -0.4 is 4.90 Å². The Morgan fingerprint density at radius 3 is 2.83 bits per heavy atom. The van der Waals surface area contributed by atoms with Crippen LogP contribution in [0.2, 0.25) is 0 Å². The summed E-state index contributed by atoms with van der Waals surface area (Å²) >= 11 is 1.51. The average molecular weight is 332 g/mol. The Balaban J connectivity index is 1.57. The molecule has 6 heteroatoms. The number of rotatable bonds is 6. The predicted octanol–water partition coefficient (Wildman–Crippen LogP) is 2.44. The quantitative estimate of drug-likeness (QED) is 0.813. The number of anilines is 1. The second kappa shape index (κ2) is 7.86. The van der Waals surface area contributed by atoms with E-state index < -0.39 is 0 Å². The van der Waals surface area contributed by atoms with E-state index in [-0.39, 0.29) is 0 Å². The van der Waals surface area contributed by atoms with Crippen LogP contribution in [0.4, 0.5) is 5.13 Å². The summed E-state index contributed by atoms with van der Waals surface area (Å²) in [6.07, 6.45) is 0.787. The fourth-order valence-electron chi connectivity index (χ4n) is 2.96. The van der Waals surface area contributed by atoms with Crippen molar-refractivity contribution in [1.82, 2.24) is 14.3 Å². The average Bonchev–Trinajstić information content (AvgIpc) is 3.02. The van der Waals surface area contributed by atoms with Crippen LogP contribution in [0.15, 0.2) is 30.3 Å². The molecule has 1 aliphatic heterocycles. The predicted molar refractivity (Wildman–Crippen MR) is 94.0 cm³/mol. The van der Waals surface area contributed by atoms with Gasteiger partial charge in [-0.2, -0.15) is 4.37 Å². The lowest BCUT2D eigenvalue weighted by molar-refractivity contribution is 0.200. The molecule has 0 saturated carbocycles. The minimum atomic E-state index is 0.454. The molecule has 0 radical (unpaired) electrons. The summed E-state index contributed by atoms with van der Waals surface area (Å²) in [5.74, 6) is 0.894. The van der Waals surface area contributed by atoms with Gasteiger partial charge in [0.1, 0.15) is 5.82 Å². The largest absolute Gasteiger partial charge is 0.384 e. The fraction of sp³-hybridized carbons (Fsp3) is 0.529. The standard InChI is InChI=1S/C17H24N4OS/c1-14-12-20(13-15-6-4-3-5-7-15)9-10-21(14)17-18-16(19-23-17)8-11-22-2/h3-7,14H,8-13H2,1-2H3. The molecule has 1 atom stereocenters. The highest BCUT2D eigenvalue weighted by Gasteiger charge is 2.26. The van der Waals surface area contributed by atoms with Gasteiger partial charge in [-0.1, -0.05) is 30.3 Å². The van der Waals surface area contributed by atoms with Gasteiger partial charge in [-0.25, -0.2) is 4.98 Å². The maximum atomic E-state index is 5.10. The van der Waals surface area contributed by atoms with Gasteiger partial charge in [-0.3, -0.25) is 4.90 Å². The monoisotopic (exact) mass is 332 g/mol. The van der Waals surface area contributed by atoms with Crippen LogP contribution in [-0.2, 0) is 17.7 Å². The molecule has 0 amide bonds. The number of hydrogen-bond acceptors (Lipinski definition) is 6. The van der Waals surface area contributed by atoms with E-state index in [1.807, 2.05) is 0 Å². The van der Waals surface area contributed by atoms with Gasteiger partial charge in [0.25, 0.3) is 0 Å². The summed E-state index contributed by atoms with van der Waals surface area (Å²) in [5.41, 5.74) is 1.38. The zero-order chi connectivity index (χ0) is 16.1. The Morgan fingerprint density at radius 2 is 2.09 bits per heavy atom. The third kappa shape index (κ3) is 4.28. The molecular weight excluding hydrogens is 308 g/mol. The molecule has 1 aromatic heterocycles. The van der Waals surface area contributed by atoms with Crippen molar-refractivity contribution in [2.45, 2.75) is 25.9 Å². The Bertz CT molecular complexity index is 604. The first-order valence-electron chi connectivity index (χ1n) is 8.10. The van der Waals surface area contributed by atoms with Crippen LogP contribution in [0.3, 0.4) is 0 Å². The number of nitrogens with zero attached hydrogens (tertiary/aromatic N) is 4. The molecule has 1 aromatic carbocycles. The third-order valence-corrected chi connectivity index (χ3v) is 4.98.